The first-order valence-corrected chi connectivity index (χ1v) is 8.13. The summed E-state index contributed by atoms with van der Waals surface area (Å²) >= 11 is 0. The summed E-state index contributed by atoms with van der Waals surface area (Å²) in [6.45, 7) is 3.15. The molecule has 0 aliphatic rings. The SMILES string of the molecule is CCCC(NCc1cccc2ccccc12)c1ccccc1. The predicted octanol–water partition coefficient (Wildman–Crippen LogP) is 5.47. The molecule has 3 rings (SSSR count). The molecular formula is C21H23N. The van der Waals surface area contributed by atoms with Crippen LogP contribution in [0.4, 0.5) is 0 Å². The lowest BCUT2D eigenvalue weighted by atomic mass is 10.0. The molecule has 3 aromatic rings. The highest BCUT2D eigenvalue weighted by Gasteiger charge is 2.10. The summed E-state index contributed by atoms with van der Waals surface area (Å²) in [6.07, 6.45) is 2.34. The third-order valence-electron chi connectivity index (χ3n) is 4.20. The third kappa shape index (κ3) is 3.37. The topological polar surface area (TPSA) is 12.0 Å². The van der Waals surface area contributed by atoms with E-state index in [4.69, 9.17) is 0 Å². The van der Waals surface area contributed by atoms with E-state index in [9.17, 15) is 0 Å². The fraction of sp³-hybridized carbons (Fsp3) is 0.238. The Morgan fingerprint density at radius 2 is 1.55 bits per heavy atom. The van der Waals surface area contributed by atoms with Gasteiger partial charge in [0.2, 0.25) is 0 Å². The Hall–Kier alpha value is -2.12. The smallest absolute Gasteiger partial charge is 0.0323 e. The molecule has 0 aliphatic heterocycles. The quantitative estimate of drug-likeness (QED) is 0.634. The van der Waals surface area contributed by atoms with Crippen molar-refractivity contribution in [2.24, 2.45) is 0 Å². The monoisotopic (exact) mass is 289 g/mol. The normalized spacial score (nSPS) is 12.4. The molecule has 112 valence electrons. The maximum absolute atomic E-state index is 3.75. The molecule has 1 N–H and O–H groups in total. The molecule has 0 spiro atoms. The van der Waals surface area contributed by atoms with E-state index in [1.54, 1.807) is 0 Å². The summed E-state index contributed by atoms with van der Waals surface area (Å²) < 4.78 is 0. The van der Waals surface area contributed by atoms with Crippen LogP contribution in [0.15, 0.2) is 72.8 Å². The van der Waals surface area contributed by atoms with Crippen LogP contribution in [0.1, 0.15) is 36.9 Å². The van der Waals surface area contributed by atoms with Crippen LogP contribution in [0.25, 0.3) is 10.8 Å². The zero-order valence-electron chi connectivity index (χ0n) is 13.1. The van der Waals surface area contributed by atoms with Gasteiger partial charge in [0.25, 0.3) is 0 Å². The minimum atomic E-state index is 0.421. The van der Waals surface area contributed by atoms with Gasteiger partial charge in [-0.2, -0.15) is 0 Å². The van der Waals surface area contributed by atoms with Crippen molar-refractivity contribution >= 4 is 10.8 Å². The molecule has 1 unspecified atom stereocenters. The Morgan fingerprint density at radius 1 is 0.818 bits per heavy atom. The van der Waals surface area contributed by atoms with Crippen LogP contribution in [0.5, 0.6) is 0 Å². The molecule has 0 aliphatic carbocycles. The molecule has 0 aromatic heterocycles. The largest absolute Gasteiger partial charge is 0.306 e. The summed E-state index contributed by atoms with van der Waals surface area (Å²) in [5.41, 5.74) is 2.75. The van der Waals surface area contributed by atoms with Crippen molar-refractivity contribution in [3.05, 3.63) is 83.9 Å². The second-order valence-electron chi connectivity index (χ2n) is 5.77. The van der Waals surface area contributed by atoms with E-state index in [1.165, 1.54) is 28.3 Å². The average Bonchev–Trinajstić information content (AvgIpc) is 2.59. The molecule has 0 saturated heterocycles. The Labute approximate surface area is 133 Å². The minimum absolute atomic E-state index is 0.421. The van der Waals surface area contributed by atoms with Crippen molar-refractivity contribution in [1.82, 2.24) is 5.32 Å². The summed E-state index contributed by atoms with van der Waals surface area (Å²) in [6, 6.07) is 26.4. The number of rotatable bonds is 6. The van der Waals surface area contributed by atoms with Crippen molar-refractivity contribution in [3.8, 4) is 0 Å². The van der Waals surface area contributed by atoms with Gasteiger partial charge in [0.1, 0.15) is 0 Å². The molecule has 1 atom stereocenters. The van der Waals surface area contributed by atoms with Crippen LogP contribution in [-0.2, 0) is 6.54 Å². The number of nitrogens with one attached hydrogen (secondary N) is 1. The van der Waals surface area contributed by atoms with E-state index in [-0.39, 0.29) is 0 Å². The number of hydrogen-bond donors (Lipinski definition) is 1. The van der Waals surface area contributed by atoms with Crippen LogP contribution < -0.4 is 5.32 Å². The highest BCUT2D eigenvalue weighted by molar-refractivity contribution is 5.85. The van der Waals surface area contributed by atoms with E-state index in [2.05, 4.69) is 85.0 Å². The minimum Gasteiger partial charge on any atom is -0.306 e. The molecule has 0 heterocycles. The van der Waals surface area contributed by atoms with Gasteiger partial charge in [-0.3, -0.25) is 0 Å². The van der Waals surface area contributed by atoms with Gasteiger partial charge in [0, 0.05) is 12.6 Å². The van der Waals surface area contributed by atoms with Gasteiger partial charge in [-0.1, -0.05) is 86.1 Å². The van der Waals surface area contributed by atoms with Gasteiger partial charge in [-0.05, 0) is 28.3 Å². The Morgan fingerprint density at radius 3 is 2.36 bits per heavy atom. The number of hydrogen-bond acceptors (Lipinski definition) is 1. The standard InChI is InChI=1S/C21H23N/c1-2-9-21(18-11-4-3-5-12-18)22-16-19-14-8-13-17-10-6-7-15-20(17)19/h3-8,10-15,21-22H,2,9,16H2,1H3. The lowest BCUT2D eigenvalue weighted by molar-refractivity contribution is 0.494. The van der Waals surface area contributed by atoms with Gasteiger partial charge >= 0.3 is 0 Å². The molecule has 1 heteroatoms. The second kappa shape index (κ2) is 7.24. The fourth-order valence-corrected chi connectivity index (χ4v) is 3.04. The van der Waals surface area contributed by atoms with E-state index in [1.807, 2.05) is 0 Å². The van der Waals surface area contributed by atoms with Crippen LogP contribution >= 0.6 is 0 Å². The maximum atomic E-state index is 3.75. The first kappa shape index (κ1) is 14.8. The lowest BCUT2D eigenvalue weighted by Crippen LogP contribution is -2.20. The third-order valence-corrected chi connectivity index (χ3v) is 4.20. The molecule has 1 nitrogen and oxygen atoms in total. The molecule has 0 bridgehead atoms. The van der Waals surface area contributed by atoms with Crippen molar-refractivity contribution in [2.45, 2.75) is 32.4 Å². The maximum Gasteiger partial charge on any atom is 0.0323 e. The van der Waals surface area contributed by atoms with Gasteiger partial charge in [-0.15, -0.1) is 0 Å². The highest BCUT2D eigenvalue weighted by atomic mass is 14.9. The van der Waals surface area contributed by atoms with Crippen LogP contribution in [0.2, 0.25) is 0 Å². The van der Waals surface area contributed by atoms with Gasteiger partial charge < -0.3 is 5.32 Å². The first-order chi connectivity index (χ1) is 10.9. The zero-order valence-corrected chi connectivity index (χ0v) is 13.1. The summed E-state index contributed by atoms with van der Waals surface area (Å²) in [5, 5.41) is 6.41. The Kier molecular flexibility index (Phi) is 4.87. The highest BCUT2D eigenvalue weighted by Crippen LogP contribution is 2.22. The molecule has 22 heavy (non-hydrogen) atoms. The predicted molar refractivity (Wildman–Crippen MR) is 94.9 cm³/mol. The number of benzene rings is 3. The average molecular weight is 289 g/mol. The van der Waals surface area contributed by atoms with Gasteiger partial charge in [0.15, 0.2) is 0 Å². The van der Waals surface area contributed by atoms with Crippen molar-refractivity contribution in [2.75, 3.05) is 0 Å². The molecule has 3 aromatic carbocycles. The number of fused-ring (bicyclic) bond motifs is 1. The van der Waals surface area contributed by atoms with Crippen LogP contribution in [0, 0.1) is 0 Å². The molecular weight excluding hydrogens is 266 g/mol. The van der Waals surface area contributed by atoms with Gasteiger partial charge in [0.05, 0.1) is 0 Å². The Bertz CT molecular complexity index is 713. The molecule has 0 radical (unpaired) electrons. The molecule has 0 amide bonds. The summed E-state index contributed by atoms with van der Waals surface area (Å²) in [4.78, 5) is 0. The second-order valence-corrected chi connectivity index (χ2v) is 5.77. The fourth-order valence-electron chi connectivity index (χ4n) is 3.04. The van der Waals surface area contributed by atoms with E-state index in [0.29, 0.717) is 6.04 Å². The zero-order chi connectivity index (χ0) is 15.2. The van der Waals surface area contributed by atoms with Gasteiger partial charge in [-0.25, -0.2) is 0 Å². The molecule has 0 fully saturated rings. The van der Waals surface area contributed by atoms with Crippen LogP contribution in [-0.4, -0.2) is 0 Å². The van der Waals surface area contributed by atoms with E-state index < -0.39 is 0 Å². The van der Waals surface area contributed by atoms with Crippen molar-refractivity contribution in [3.63, 3.8) is 0 Å². The van der Waals surface area contributed by atoms with E-state index >= 15 is 0 Å². The lowest BCUT2D eigenvalue weighted by Gasteiger charge is -2.19. The summed E-state index contributed by atoms with van der Waals surface area (Å²) in [7, 11) is 0. The summed E-state index contributed by atoms with van der Waals surface area (Å²) in [5.74, 6) is 0. The van der Waals surface area contributed by atoms with Crippen molar-refractivity contribution in [1.29, 1.82) is 0 Å². The Balaban J connectivity index is 1.79. The molecule has 0 saturated carbocycles. The van der Waals surface area contributed by atoms with E-state index in [0.717, 1.165) is 13.0 Å². The van der Waals surface area contributed by atoms with Crippen molar-refractivity contribution < 1.29 is 0 Å². The van der Waals surface area contributed by atoms with Crippen LogP contribution in [0.3, 0.4) is 0 Å². The first-order valence-electron chi connectivity index (χ1n) is 8.13.